The maximum absolute atomic E-state index is 13.1. The van der Waals surface area contributed by atoms with Crippen molar-refractivity contribution in [1.82, 2.24) is 9.80 Å². The number of para-hydroxylation sites is 1. The highest BCUT2D eigenvalue weighted by atomic mass is 32.1. The lowest BCUT2D eigenvalue weighted by molar-refractivity contribution is 0.0639. The molecule has 2 amide bonds. The van der Waals surface area contributed by atoms with Crippen LogP contribution in [0.25, 0.3) is 0 Å². The molecule has 0 unspecified atom stereocenters. The minimum Gasteiger partial charge on any atom is -0.336 e. The monoisotopic (exact) mass is 419 g/mol. The fourth-order valence-electron chi connectivity index (χ4n) is 3.65. The van der Waals surface area contributed by atoms with Gasteiger partial charge in [0.05, 0.1) is 16.1 Å². The van der Waals surface area contributed by atoms with Crippen LogP contribution in [-0.4, -0.2) is 54.3 Å². The van der Waals surface area contributed by atoms with Gasteiger partial charge in [0.2, 0.25) is 0 Å². The van der Waals surface area contributed by atoms with Crippen LogP contribution in [0.3, 0.4) is 0 Å². The fraction of sp³-hybridized carbons (Fsp3) is 0.250. The summed E-state index contributed by atoms with van der Waals surface area (Å²) in [7, 11) is 0. The average molecular weight is 420 g/mol. The molecule has 30 heavy (non-hydrogen) atoms. The van der Waals surface area contributed by atoms with E-state index in [2.05, 4.69) is 34.5 Å². The zero-order valence-electron chi connectivity index (χ0n) is 16.8. The van der Waals surface area contributed by atoms with Gasteiger partial charge in [-0.1, -0.05) is 48.5 Å². The number of amides is 2. The van der Waals surface area contributed by atoms with E-state index in [9.17, 15) is 9.59 Å². The molecule has 154 valence electrons. The first-order valence-electron chi connectivity index (χ1n) is 10.2. The maximum atomic E-state index is 13.1. The molecule has 6 heteroatoms. The maximum Gasteiger partial charge on any atom is 0.265 e. The number of carbonyl (C=O) groups is 2. The summed E-state index contributed by atoms with van der Waals surface area (Å²) in [5, 5.41) is 4.76. The molecule has 1 aromatic heterocycles. The second-order valence-electron chi connectivity index (χ2n) is 7.35. The Balaban J connectivity index is 1.34. The largest absolute Gasteiger partial charge is 0.336 e. The number of carbonyl (C=O) groups excluding carboxylic acids is 2. The van der Waals surface area contributed by atoms with E-state index in [0.29, 0.717) is 29.2 Å². The van der Waals surface area contributed by atoms with Crippen LogP contribution in [-0.2, 0) is 6.42 Å². The quantitative estimate of drug-likeness (QED) is 0.657. The van der Waals surface area contributed by atoms with E-state index < -0.39 is 0 Å². The molecule has 0 bridgehead atoms. The van der Waals surface area contributed by atoms with Gasteiger partial charge >= 0.3 is 0 Å². The molecule has 1 aliphatic rings. The highest BCUT2D eigenvalue weighted by molar-refractivity contribution is 7.12. The molecule has 3 aromatic rings. The summed E-state index contributed by atoms with van der Waals surface area (Å²) in [5.74, 6) is -0.212. The number of hydrogen-bond acceptors (Lipinski definition) is 4. The summed E-state index contributed by atoms with van der Waals surface area (Å²) in [5.41, 5.74) is 2.44. The topological polar surface area (TPSA) is 52.7 Å². The van der Waals surface area contributed by atoms with Crippen LogP contribution in [0.2, 0.25) is 0 Å². The summed E-state index contributed by atoms with van der Waals surface area (Å²) < 4.78 is 0. The molecule has 2 heterocycles. The molecule has 2 aromatic carbocycles. The molecule has 0 atom stereocenters. The van der Waals surface area contributed by atoms with Gasteiger partial charge in [-0.05, 0) is 35.6 Å². The Labute approximate surface area is 180 Å². The molecule has 0 spiro atoms. The summed E-state index contributed by atoms with van der Waals surface area (Å²) >= 11 is 1.38. The lowest BCUT2D eigenvalue weighted by Gasteiger charge is -2.35. The second-order valence-corrected chi connectivity index (χ2v) is 8.29. The van der Waals surface area contributed by atoms with Gasteiger partial charge in [-0.2, -0.15) is 0 Å². The van der Waals surface area contributed by atoms with Gasteiger partial charge in [0, 0.05) is 32.7 Å². The molecule has 1 aliphatic heterocycles. The van der Waals surface area contributed by atoms with E-state index in [1.165, 1.54) is 16.9 Å². The predicted octanol–water partition coefficient (Wildman–Crippen LogP) is 4.00. The first-order chi connectivity index (χ1) is 14.7. The van der Waals surface area contributed by atoms with Gasteiger partial charge in [-0.15, -0.1) is 11.3 Å². The number of hydrogen-bond donors (Lipinski definition) is 1. The minimum atomic E-state index is -0.184. The van der Waals surface area contributed by atoms with Crippen molar-refractivity contribution >= 4 is 28.8 Å². The highest BCUT2D eigenvalue weighted by Gasteiger charge is 2.24. The molecule has 1 saturated heterocycles. The van der Waals surface area contributed by atoms with Crippen LogP contribution in [0.5, 0.6) is 0 Å². The third-order valence-corrected chi connectivity index (χ3v) is 6.24. The van der Waals surface area contributed by atoms with Crippen LogP contribution in [0.1, 0.15) is 25.6 Å². The van der Waals surface area contributed by atoms with Crippen molar-refractivity contribution in [2.75, 3.05) is 38.0 Å². The standard InChI is InChI=1S/C24H25N3O2S/c28-23(22-11-6-18-30-22)25-21-10-5-4-9-20(21)24(29)27-16-14-26(15-17-27)13-12-19-7-2-1-3-8-19/h1-11,18H,12-17H2,(H,25,28). The van der Waals surface area contributed by atoms with E-state index >= 15 is 0 Å². The summed E-state index contributed by atoms with van der Waals surface area (Å²) in [6.07, 6.45) is 1.02. The number of nitrogens with one attached hydrogen (secondary N) is 1. The molecule has 5 nitrogen and oxygen atoms in total. The van der Waals surface area contributed by atoms with Crippen molar-refractivity contribution in [3.05, 3.63) is 88.1 Å². The average Bonchev–Trinajstić information content (AvgIpc) is 3.34. The van der Waals surface area contributed by atoms with Gasteiger partial charge in [-0.3, -0.25) is 14.5 Å². The Bertz CT molecular complexity index is 981. The van der Waals surface area contributed by atoms with Gasteiger partial charge in [0.25, 0.3) is 11.8 Å². The molecular weight excluding hydrogens is 394 g/mol. The van der Waals surface area contributed by atoms with E-state index in [0.717, 1.165) is 26.1 Å². The number of thiophene rings is 1. The number of nitrogens with zero attached hydrogens (tertiary/aromatic N) is 2. The first-order valence-corrected chi connectivity index (χ1v) is 11.1. The lowest BCUT2D eigenvalue weighted by Crippen LogP contribution is -2.49. The van der Waals surface area contributed by atoms with Crippen molar-refractivity contribution in [3.63, 3.8) is 0 Å². The van der Waals surface area contributed by atoms with Crippen molar-refractivity contribution in [2.45, 2.75) is 6.42 Å². The van der Waals surface area contributed by atoms with Crippen molar-refractivity contribution < 1.29 is 9.59 Å². The van der Waals surface area contributed by atoms with Gasteiger partial charge in [0.1, 0.15) is 0 Å². The van der Waals surface area contributed by atoms with E-state index in [-0.39, 0.29) is 11.8 Å². The van der Waals surface area contributed by atoms with E-state index in [1.54, 1.807) is 18.2 Å². The van der Waals surface area contributed by atoms with Crippen LogP contribution in [0.4, 0.5) is 5.69 Å². The third kappa shape index (κ3) is 4.96. The van der Waals surface area contributed by atoms with Crippen LogP contribution in [0.15, 0.2) is 72.1 Å². The number of piperazine rings is 1. The lowest BCUT2D eigenvalue weighted by atomic mass is 10.1. The van der Waals surface area contributed by atoms with Crippen molar-refractivity contribution in [2.24, 2.45) is 0 Å². The number of rotatable bonds is 6. The molecule has 1 N–H and O–H groups in total. The first kappa shape index (κ1) is 20.3. The Morgan fingerprint density at radius 3 is 2.33 bits per heavy atom. The number of benzene rings is 2. The minimum absolute atomic E-state index is 0.0280. The van der Waals surface area contributed by atoms with Gasteiger partial charge in [-0.25, -0.2) is 0 Å². The Morgan fingerprint density at radius 1 is 0.867 bits per heavy atom. The Morgan fingerprint density at radius 2 is 1.60 bits per heavy atom. The summed E-state index contributed by atoms with van der Waals surface area (Å²) in [6.45, 7) is 4.12. The van der Waals surface area contributed by atoms with E-state index in [4.69, 9.17) is 0 Å². The number of anilines is 1. The zero-order valence-corrected chi connectivity index (χ0v) is 17.6. The van der Waals surface area contributed by atoms with Gasteiger partial charge in [0.15, 0.2) is 0 Å². The highest BCUT2D eigenvalue weighted by Crippen LogP contribution is 2.20. The molecule has 0 radical (unpaired) electrons. The van der Waals surface area contributed by atoms with Crippen LogP contribution in [0, 0.1) is 0 Å². The summed E-state index contributed by atoms with van der Waals surface area (Å²) in [4.78, 5) is 30.5. The Hall–Kier alpha value is -2.96. The zero-order chi connectivity index (χ0) is 20.8. The molecule has 4 rings (SSSR count). The molecule has 0 saturated carbocycles. The second kappa shape index (κ2) is 9.69. The van der Waals surface area contributed by atoms with Gasteiger partial charge < -0.3 is 10.2 Å². The van der Waals surface area contributed by atoms with Crippen molar-refractivity contribution in [3.8, 4) is 0 Å². The summed E-state index contributed by atoms with van der Waals surface area (Å²) in [6, 6.07) is 21.3. The molecule has 0 aliphatic carbocycles. The van der Waals surface area contributed by atoms with Crippen molar-refractivity contribution in [1.29, 1.82) is 0 Å². The predicted molar refractivity (Wildman–Crippen MR) is 121 cm³/mol. The fourth-order valence-corrected chi connectivity index (χ4v) is 4.27. The van der Waals surface area contributed by atoms with Crippen LogP contribution < -0.4 is 5.32 Å². The smallest absolute Gasteiger partial charge is 0.265 e. The molecular formula is C24H25N3O2S. The third-order valence-electron chi connectivity index (χ3n) is 5.37. The van der Waals surface area contributed by atoms with Crippen LogP contribution >= 0.6 is 11.3 Å². The van der Waals surface area contributed by atoms with E-state index in [1.807, 2.05) is 34.5 Å². The molecule has 1 fully saturated rings. The Kier molecular flexibility index (Phi) is 6.57. The normalized spacial score (nSPS) is 14.5. The SMILES string of the molecule is O=C(Nc1ccccc1C(=O)N1CCN(CCc2ccccc2)CC1)c1cccs1.